The predicted molar refractivity (Wildman–Crippen MR) is 155 cm³/mol. The molecule has 0 aliphatic heterocycles. The SMILES string of the molecule is Cc1cc(-c2ccc(-c3cc(Cl)c(CO)c(S(C)(=O)=O)c3)cc2-c2oc(C)nc2-c2ccc(OC(F)(F)F)cc2)n(C)n1. The lowest BCUT2D eigenvalue weighted by Crippen LogP contribution is -2.16. The first-order valence-electron chi connectivity index (χ1n) is 12.8. The number of halogens is 4. The molecule has 8 nitrogen and oxygen atoms in total. The van der Waals surface area contributed by atoms with Gasteiger partial charge in [-0.2, -0.15) is 5.10 Å². The lowest BCUT2D eigenvalue weighted by molar-refractivity contribution is -0.274. The van der Waals surface area contributed by atoms with E-state index in [4.69, 9.17) is 16.0 Å². The number of aromatic nitrogens is 3. The van der Waals surface area contributed by atoms with Crippen molar-refractivity contribution in [3.63, 3.8) is 0 Å². The van der Waals surface area contributed by atoms with Gasteiger partial charge in [-0.3, -0.25) is 4.68 Å². The summed E-state index contributed by atoms with van der Waals surface area (Å²) in [6, 6.07) is 15.6. The highest BCUT2D eigenvalue weighted by atomic mass is 35.5. The first-order chi connectivity index (χ1) is 20.1. The number of nitrogens with zero attached hydrogens (tertiary/aromatic N) is 3. The molecule has 43 heavy (non-hydrogen) atoms. The summed E-state index contributed by atoms with van der Waals surface area (Å²) in [4.78, 5) is 4.43. The Labute approximate surface area is 250 Å². The molecule has 0 aliphatic rings. The van der Waals surface area contributed by atoms with Crippen molar-refractivity contribution in [2.24, 2.45) is 7.05 Å². The summed E-state index contributed by atoms with van der Waals surface area (Å²) in [6.45, 7) is 2.94. The van der Waals surface area contributed by atoms with Crippen molar-refractivity contribution < 1.29 is 35.8 Å². The first kappa shape index (κ1) is 30.3. The average molecular weight is 632 g/mol. The maximum atomic E-state index is 12.7. The second kappa shape index (κ2) is 11.2. The van der Waals surface area contributed by atoms with Crippen LogP contribution in [0, 0.1) is 13.8 Å². The fraction of sp³-hybridized carbons (Fsp3) is 0.200. The molecule has 0 aliphatic carbocycles. The molecule has 0 spiro atoms. The van der Waals surface area contributed by atoms with Crippen LogP contribution in [0.15, 0.2) is 70.0 Å². The Kier molecular flexibility index (Phi) is 7.88. The Balaban J connectivity index is 1.73. The van der Waals surface area contributed by atoms with Crippen LogP contribution in [0.3, 0.4) is 0 Å². The third-order valence-electron chi connectivity index (χ3n) is 6.68. The largest absolute Gasteiger partial charge is 0.573 e. The molecular formula is C30H25ClF3N3O5S. The minimum atomic E-state index is -4.83. The Bertz CT molecular complexity index is 1950. The number of aliphatic hydroxyl groups is 1. The molecule has 0 atom stereocenters. The number of ether oxygens (including phenoxy) is 1. The highest BCUT2D eigenvalue weighted by Gasteiger charge is 2.31. The van der Waals surface area contributed by atoms with E-state index in [-0.39, 0.29) is 21.2 Å². The third-order valence-corrected chi connectivity index (χ3v) is 8.18. The highest BCUT2D eigenvalue weighted by Crippen LogP contribution is 2.42. The van der Waals surface area contributed by atoms with Gasteiger partial charge in [-0.05, 0) is 66.6 Å². The molecule has 0 amide bonds. The number of oxazole rings is 1. The minimum absolute atomic E-state index is 0.0886. The molecule has 0 saturated heterocycles. The van der Waals surface area contributed by atoms with Crippen LogP contribution >= 0.6 is 11.6 Å². The van der Waals surface area contributed by atoms with E-state index in [0.29, 0.717) is 45.2 Å². The summed E-state index contributed by atoms with van der Waals surface area (Å²) < 4.78 is 75.1. The van der Waals surface area contributed by atoms with Crippen LogP contribution in [0.2, 0.25) is 5.02 Å². The van der Waals surface area contributed by atoms with Crippen molar-refractivity contribution in [2.45, 2.75) is 31.7 Å². The van der Waals surface area contributed by atoms with E-state index < -0.39 is 22.8 Å². The van der Waals surface area contributed by atoms with E-state index in [9.17, 15) is 26.7 Å². The standard InChI is InChI=1S/C30H25ClF3N3O5S/c1-16-11-26(37(3)36-16)22-10-7-19(20-13-25(31)24(15-38)27(14-20)43(4,39)40)12-23(22)29-28(35-17(2)41-29)18-5-8-21(9-6-18)42-30(32,33)34/h5-14,38H,15H2,1-4H3. The molecule has 13 heteroatoms. The summed E-state index contributed by atoms with van der Waals surface area (Å²) in [6.07, 6.45) is -3.79. The van der Waals surface area contributed by atoms with Crippen molar-refractivity contribution in [3.8, 4) is 50.7 Å². The van der Waals surface area contributed by atoms with E-state index >= 15 is 0 Å². The van der Waals surface area contributed by atoms with Gasteiger partial charge in [-0.25, -0.2) is 13.4 Å². The number of aryl methyl sites for hydroxylation is 3. The molecule has 3 aromatic carbocycles. The van der Waals surface area contributed by atoms with Gasteiger partial charge in [0.2, 0.25) is 0 Å². The van der Waals surface area contributed by atoms with Crippen molar-refractivity contribution in [3.05, 3.63) is 82.8 Å². The van der Waals surface area contributed by atoms with Crippen molar-refractivity contribution in [1.82, 2.24) is 14.8 Å². The zero-order valence-electron chi connectivity index (χ0n) is 23.3. The van der Waals surface area contributed by atoms with Gasteiger partial charge in [-0.1, -0.05) is 23.7 Å². The van der Waals surface area contributed by atoms with Crippen LogP contribution in [0.1, 0.15) is 17.1 Å². The molecule has 0 bridgehead atoms. The minimum Gasteiger partial charge on any atom is -0.440 e. The molecule has 0 saturated carbocycles. The summed E-state index contributed by atoms with van der Waals surface area (Å²) in [7, 11) is -1.95. The van der Waals surface area contributed by atoms with Gasteiger partial charge in [0.1, 0.15) is 11.4 Å². The summed E-state index contributed by atoms with van der Waals surface area (Å²) in [5.74, 6) is 0.267. The number of hydrogen-bond donors (Lipinski definition) is 1. The lowest BCUT2D eigenvalue weighted by atomic mass is 9.94. The van der Waals surface area contributed by atoms with Crippen LogP contribution in [0.25, 0.3) is 45.0 Å². The molecule has 0 fully saturated rings. The molecule has 2 aromatic heterocycles. The van der Waals surface area contributed by atoms with Crippen LogP contribution < -0.4 is 4.74 Å². The summed E-state index contributed by atoms with van der Waals surface area (Å²) in [5.41, 5.74) is 4.81. The summed E-state index contributed by atoms with van der Waals surface area (Å²) >= 11 is 6.41. The van der Waals surface area contributed by atoms with Crippen molar-refractivity contribution >= 4 is 21.4 Å². The van der Waals surface area contributed by atoms with Gasteiger partial charge < -0.3 is 14.3 Å². The molecule has 0 radical (unpaired) electrons. The number of benzene rings is 3. The normalized spacial score (nSPS) is 12.1. The number of rotatable bonds is 7. The van der Waals surface area contributed by atoms with Crippen molar-refractivity contribution in [2.75, 3.05) is 6.26 Å². The Morgan fingerprint density at radius 3 is 2.23 bits per heavy atom. The predicted octanol–water partition coefficient (Wildman–Crippen LogP) is 7.14. The number of alkyl halides is 3. The van der Waals surface area contributed by atoms with E-state index in [1.54, 1.807) is 36.9 Å². The fourth-order valence-electron chi connectivity index (χ4n) is 4.88. The number of sulfone groups is 1. The molecule has 224 valence electrons. The second-order valence-corrected chi connectivity index (χ2v) is 12.3. The van der Waals surface area contributed by atoms with E-state index in [0.717, 1.165) is 17.6 Å². The van der Waals surface area contributed by atoms with Crippen LogP contribution in [-0.2, 0) is 23.5 Å². The van der Waals surface area contributed by atoms with Gasteiger partial charge in [0.25, 0.3) is 0 Å². The average Bonchev–Trinajstić information content (AvgIpc) is 3.47. The summed E-state index contributed by atoms with van der Waals surface area (Å²) in [5, 5.41) is 14.3. The van der Waals surface area contributed by atoms with Gasteiger partial charge in [0.05, 0.1) is 22.9 Å². The maximum Gasteiger partial charge on any atom is 0.573 e. The zero-order chi connectivity index (χ0) is 31.3. The Hall–Kier alpha value is -4.13. The Morgan fingerprint density at radius 2 is 1.65 bits per heavy atom. The quantitative estimate of drug-likeness (QED) is 0.203. The fourth-order valence-corrected chi connectivity index (χ4v) is 6.18. The van der Waals surface area contributed by atoms with Crippen LogP contribution in [0.5, 0.6) is 5.75 Å². The molecular weight excluding hydrogens is 607 g/mol. The lowest BCUT2D eigenvalue weighted by Gasteiger charge is -2.15. The maximum absolute atomic E-state index is 12.7. The second-order valence-electron chi connectivity index (χ2n) is 9.90. The molecule has 0 unspecified atom stereocenters. The monoisotopic (exact) mass is 631 g/mol. The molecule has 2 heterocycles. The Morgan fingerprint density at radius 1 is 0.977 bits per heavy atom. The molecule has 5 rings (SSSR count). The molecule has 1 N–H and O–H groups in total. The highest BCUT2D eigenvalue weighted by molar-refractivity contribution is 7.90. The van der Waals surface area contributed by atoms with Gasteiger partial charge in [-0.15, -0.1) is 13.2 Å². The number of aliphatic hydroxyl groups excluding tert-OH is 1. The van der Waals surface area contributed by atoms with Gasteiger partial charge in [0.15, 0.2) is 21.5 Å². The topological polar surface area (TPSA) is 107 Å². The molecule has 5 aromatic rings. The van der Waals surface area contributed by atoms with E-state index in [1.165, 1.54) is 30.3 Å². The van der Waals surface area contributed by atoms with Crippen molar-refractivity contribution in [1.29, 1.82) is 0 Å². The van der Waals surface area contributed by atoms with E-state index in [1.807, 2.05) is 19.1 Å². The number of hydrogen-bond acceptors (Lipinski definition) is 7. The smallest absolute Gasteiger partial charge is 0.440 e. The van der Waals surface area contributed by atoms with Crippen LogP contribution in [0.4, 0.5) is 13.2 Å². The zero-order valence-corrected chi connectivity index (χ0v) is 24.9. The van der Waals surface area contributed by atoms with Gasteiger partial charge in [0, 0.05) is 47.5 Å². The van der Waals surface area contributed by atoms with E-state index in [2.05, 4.69) is 14.8 Å². The van der Waals surface area contributed by atoms with Gasteiger partial charge >= 0.3 is 6.36 Å². The third kappa shape index (κ3) is 6.31. The first-order valence-corrected chi connectivity index (χ1v) is 15.0. The van der Waals surface area contributed by atoms with Crippen LogP contribution in [-0.4, -0.2) is 40.9 Å².